The molecule has 0 saturated carbocycles. The van der Waals surface area contributed by atoms with Gasteiger partial charge in [-0.15, -0.1) is 11.3 Å². The van der Waals surface area contributed by atoms with E-state index in [0.717, 1.165) is 15.3 Å². The van der Waals surface area contributed by atoms with E-state index in [4.69, 9.17) is 5.73 Å². The molecule has 0 fully saturated rings. The van der Waals surface area contributed by atoms with Crippen LogP contribution in [-0.2, 0) is 10.0 Å². The maximum atomic E-state index is 12.6. The molecule has 0 bridgehead atoms. The van der Waals surface area contributed by atoms with Crippen LogP contribution in [0.15, 0.2) is 29.2 Å². The number of nitrogens with two attached hydrogens (primary N) is 1. The van der Waals surface area contributed by atoms with Crippen molar-refractivity contribution in [1.29, 1.82) is 0 Å². The van der Waals surface area contributed by atoms with Crippen molar-refractivity contribution in [3.63, 3.8) is 0 Å². The van der Waals surface area contributed by atoms with Crippen molar-refractivity contribution in [3.8, 4) is 0 Å². The molecule has 2 aromatic rings. The third-order valence-electron chi connectivity index (χ3n) is 3.50. The zero-order chi connectivity index (χ0) is 15.8. The number of aryl methyl sites for hydroxylation is 2. The lowest BCUT2D eigenvalue weighted by Crippen LogP contribution is -2.28. The van der Waals surface area contributed by atoms with Crippen LogP contribution in [0.4, 0.5) is 5.69 Å². The maximum Gasteiger partial charge on any atom is 0.243 e. The van der Waals surface area contributed by atoms with Crippen molar-refractivity contribution in [1.82, 2.24) is 4.72 Å². The molecule has 1 aromatic heterocycles. The van der Waals surface area contributed by atoms with Crippen molar-refractivity contribution in [2.24, 2.45) is 0 Å². The van der Waals surface area contributed by atoms with E-state index in [-0.39, 0.29) is 16.6 Å². The minimum absolute atomic E-state index is 0.183. The fraction of sp³-hybridized carbons (Fsp3) is 0.333. The van der Waals surface area contributed by atoms with Gasteiger partial charge < -0.3 is 5.73 Å². The summed E-state index contributed by atoms with van der Waals surface area (Å²) in [6, 6.07) is 7.11. The van der Waals surface area contributed by atoms with Crippen LogP contribution in [0.1, 0.15) is 33.8 Å². The second kappa shape index (κ2) is 5.79. The van der Waals surface area contributed by atoms with Crippen LogP contribution in [0, 0.1) is 20.8 Å². The number of benzene rings is 1. The Hall–Kier alpha value is -1.37. The van der Waals surface area contributed by atoms with E-state index in [1.54, 1.807) is 24.3 Å². The molecule has 1 aromatic carbocycles. The molecule has 0 amide bonds. The summed E-state index contributed by atoms with van der Waals surface area (Å²) in [5, 5.41) is 0. The molecule has 0 saturated heterocycles. The maximum absolute atomic E-state index is 12.6. The highest BCUT2D eigenvalue weighted by atomic mass is 32.2. The largest absolute Gasteiger partial charge is 0.398 e. The van der Waals surface area contributed by atoms with Gasteiger partial charge in [-0.25, -0.2) is 13.1 Å². The van der Waals surface area contributed by atoms with Gasteiger partial charge in [0.2, 0.25) is 10.0 Å². The third-order valence-corrected chi connectivity index (χ3v) is 6.42. The van der Waals surface area contributed by atoms with Crippen LogP contribution in [0.2, 0.25) is 0 Å². The molecule has 21 heavy (non-hydrogen) atoms. The Bertz CT molecular complexity index is 764. The molecule has 3 N–H and O–H groups in total. The summed E-state index contributed by atoms with van der Waals surface area (Å²) in [6.45, 7) is 7.49. The van der Waals surface area contributed by atoms with Crippen LogP contribution < -0.4 is 10.5 Å². The Morgan fingerprint density at radius 1 is 1.14 bits per heavy atom. The molecule has 0 spiro atoms. The van der Waals surface area contributed by atoms with Gasteiger partial charge in [0.25, 0.3) is 0 Å². The van der Waals surface area contributed by atoms with Crippen LogP contribution in [0.3, 0.4) is 0 Å². The number of sulfonamides is 1. The van der Waals surface area contributed by atoms with Gasteiger partial charge in [0.05, 0.1) is 11.7 Å². The van der Waals surface area contributed by atoms with E-state index in [0.29, 0.717) is 5.56 Å². The summed E-state index contributed by atoms with van der Waals surface area (Å²) in [7, 11) is -3.65. The highest BCUT2D eigenvalue weighted by Gasteiger charge is 2.24. The van der Waals surface area contributed by atoms with Crippen LogP contribution >= 0.6 is 11.3 Å². The molecule has 0 aliphatic carbocycles. The van der Waals surface area contributed by atoms with Gasteiger partial charge in [0.1, 0.15) is 4.90 Å². The monoisotopic (exact) mass is 324 g/mol. The summed E-state index contributed by atoms with van der Waals surface area (Å²) < 4.78 is 28.0. The molecule has 4 nitrogen and oxygen atoms in total. The minimum Gasteiger partial charge on any atom is -0.398 e. The second-order valence-corrected chi connectivity index (χ2v) is 8.19. The zero-order valence-electron chi connectivity index (χ0n) is 12.6. The molecule has 114 valence electrons. The first-order chi connectivity index (χ1) is 9.72. The van der Waals surface area contributed by atoms with Crippen molar-refractivity contribution >= 4 is 27.0 Å². The lowest BCUT2D eigenvalue weighted by atomic mass is 10.1. The van der Waals surface area contributed by atoms with Gasteiger partial charge in [0.15, 0.2) is 0 Å². The zero-order valence-corrected chi connectivity index (χ0v) is 14.2. The first-order valence-corrected chi connectivity index (χ1v) is 8.96. The Morgan fingerprint density at radius 3 is 2.38 bits per heavy atom. The molecular formula is C15H20N2O2S2. The van der Waals surface area contributed by atoms with Crippen molar-refractivity contribution in [2.45, 2.75) is 38.6 Å². The SMILES string of the molecule is Cc1ccc(C(C)NS(=O)(=O)c2c(N)ccc(C)c2C)s1. The van der Waals surface area contributed by atoms with E-state index in [9.17, 15) is 8.42 Å². The van der Waals surface area contributed by atoms with E-state index in [1.807, 2.05) is 39.0 Å². The number of nitrogens with one attached hydrogen (secondary N) is 1. The van der Waals surface area contributed by atoms with E-state index in [1.165, 1.54) is 0 Å². The molecule has 0 aliphatic rings. The average Bonchev–Trinajstić information content (AvgIpc) is 2.80. The molecule has 1 atom stereocenters. The standard InChI is InChI=1S/C15H20N2O2S2/c1-9-5-7-13(16)15(11(9)3)21(18,19)17-12(4)14-8-6-10(2)20-14/h5-8,12,17H,16H2,1-4H3. The van der Waals surface area contributed by atoms with Crippen LogP contribution in [0.25, 0.3) is 0 Å². The fourth-order valence-corrected chi connectivity index (χ4v) is 4.81. The van der Waals surface area contributed by atoms with Crippen molar-refractivity contribution < 1.29 is 8.42 Å². The number of hydrogen-bond donors (Lipinski definition) is 2. The van der Waals surface area contributed by atoms with Crippen molar-refractivity contribution in [3.05, 3.63) is 45.1 Å². The number of hydrogen-bond acceptors (Lipinski definition) is 4. The van der Waals surface area contributed by atoms with E-state index >= 15 is 0 Å². The number of rotatable bonds is 4. The fourth-order valence-electron chi connectivity index (χ4n) is 2.20. The lowest BCUT2D eigenvalue weighted by molar-refractivity contribution is 0.568. The summed E-state index contributed by atoms with van der Waals surface area (Å²) in [6.07, 6.45) is 0. The molecule has 2 rings (SSSR count). The van der Waals surface area contributed by atoms with Gasteiger partial charge in [-0.3, -0.25) is 0 Å². The van der Waals surface area contributed by atoms with Crippen molar-refractivity contribution in [2.75, 3.05) is 5.73 Å². The third kappa shape index (κ3) is 3.28. The first kappa shape index (κ1) is 16.0. The Kier molecular flexibility index (Phi) is 4.41. The smallest absolute Gasteiger partial charge is 0.243 e. The highest BCUT2D eigenvalue weighted by Crippen LogP contribution is 2.28. The molecule has 1 heterocycles. The van der Waals surface area contributed by atoms with Gasteiger partial charge in [-0.05, 0) is 57.0 Å². The number of nitrogen functional groups attached to an aromatic ring is 1. The quantitative estimate of drug-likeness (QED) is 0.848. The highest BCUT2D eigenvalue weighted by molar-refractivity contribution is 7.89. The van der Waals surface area contributed by atoms with E-state index < -0.39 is 10.0 Å². The van der Waals surface area contributed by atoms with Gasteiger partial charge >= 0.3 is 0 Å². The van der Waals surface area contributed by atoms with Crippen LogP contribution in [-0.4, -0.2) is 8.42 Å². The van der Waals surface area contributed by atoms with Gasteiger partial charge in [-0.2, -0.15) is 0 Å². The first-order valence-electron chi connectivity index (χ1n) is 6.66. The lowest BCUT2D eigenvalue weighted by Gasteiger charge is -2.17. The summed E-state index contributed by atoms with van der Waals surface area (Å²) in [4.78, 5) is 2.32. The Balaban J connectivity index is 2.37. The molecule has 6 heteroatoms. The average molecular weight is 324 g/mol. The molecule has 1 unspecified atom stereocenters. The normalized spacial score (nSPS) is 13.3. The predicted molar refractivity (Wildman–Crippen MR) is 88.1 cm³/mol. The predicted octanol–water partition coefficient (Wildman–Crippen LogP) is 3.30. The van der Waals surface area contributed by atoms with Gasteiger partial charge in [-0.1, -0.05) is 6.07 Å². The van der Waals surface area contributed by atoms with E-state index in [2.05, 4.69) is 4.72 Å². The Morgan fingerprint density at radius 2 is 1.81 bits per heavy atom. The summed E-state index contributed by atoms with van der Waals surface area (Å²) in [5.41, 5.74) is 7.75. The molecule has 0 radical (unpaired) electrons. The number of anilines is 1. The van der Waals surface area contributed by atoms with Gasteiger partial charge in [0, 0.05) is 9.75 Å². The molecule has 0 aliphatic heterocycles. The Labute approximate surface area is 130 Å². The summed E-state index contributed by atoms with van der Waals surface area (Å²) in [5.74, 6) is 0. The number of thiophene rings is 1. The molecular weight excluding hydrogens is 304 g/mol. The minimum atomic E-state index is -3.65. The van der Waals surface area contributed by atoms with Crippen LogP contribution in [0.5, 0.6) is 0 Å². The summed E-state index contributed by atoms with van der Waals surface area (Å²) >= 11 is 1.59. The second-order valence-electron chi connectivity index (χ2n) is 5.22. The topological polar surface area (TPSA) is 72.2 Å².